The van der Waals surface area contributed by atoms with E-state index in [1.54, 1.807) is 18.2 Å². The molecule has 7 heteroatoms. The first-order valence-corrected chi connectivity index (χ1v) is 7.94. The lowest BCUT2D eigenvalue weighted by Gasteiger charge is -2.16. The van der Waals surface area contributed by atoms with Crippen molar-refractivity contribution in [3.05, 3.63) is 41.5 Å². The number of nitrogens with zero attached hydrogens (tertiary/aromatic N) is 3. The van der Waals surface area contributed by atoms with Gasteiger partial charge in [0, 0.05) is 6.08 Å². The van der Waals surface area contributed by atoms with E-state index >= 15 is 0 Å². The number of aryl methyl sites for hydroxylation is 1. The van der Waals surface area contributed by atoms with Crippen LogP contribution in [0, 0.1) is 35.5 Å². The van der Waals surface area contributed by atoms with Crippen molar-refractivity contribution >= 4 is 15.9 Å². The second-order valence-electron chi connectivity index (χ2n) is 4.93. The molecule has 1 atom stereocenters. The first-order valence-electron chi connectivity index (χ1n) is 6.50. The van der Waals surface area contributed by atoms with Gasteiger partial charge in [-0.05, 0) is 24.6 Å². The van der Waals surface area contributed by atoms with E-state index in [-0.39, 0.29) is 17.9 Å². The zero-order chi connectivity index (χ0) is 16.3. The summed E-state index contributed by atoms with van der Waals surface area (Å²) < 4.78 is 25.9. The molecule has 0 N–H and O–H groups in total. The molecule has 6 nitrogen and oxygen atoms in total. The predicted molar refractivity (Wildman–Crippen MR) is 77.5 cm³/mol. The van der Waals surface area contributed by atoms with Gasteiger partial charge in [0.25, 0.3) is 10.0 Å². The predicted octanol–water partition coefficient (Wildman–Crippen LogP) is 1.51. The van der Waals surface area contributed by atoms with Gasteiger partial charge in [0.2, 0.25) is 5.91 Å². The lowest BCUT2D eigenvalue weighted by Crippen LogP contribution is -2.33. The van der Waals surface area contributed by atoms with Crippen molar-refractivity contribution in [3.63, 3.8) is 0 Å². The van der Waals surface area contributed by atoms with Gasteiger partial charge in [0.15, 0.2) is 0 Å². The summed E-state index contributed by atoms with van der Waals surface area (Å²) in [5, 5.41) is 17.5. The summed E-state index contributed by atoms with van der Waals surface area (Å²) in [4.78, 5) is 12.3. The summed E-state index contributed by atoms with van der Waals surface area (Å²) in [7, 11) is -3.98. The Morgan fingerprint density at radius 3 is 2.50 bits per heavy atom. The summed E-state index contributed by atoms with van der Waals surface area (Å²) in [6.45, 7) is 1.64. The molecule has 1 aliphatic heterocycles. The van der Waals surface area contributed by atoms with Gasteiger partial charge in [0.05, 0.1) is 35.9 Å². The largest absolute Gasteiger partial charge is 0.273 e. The molecule has 112 valence electrons. The number of carbonyl (C=O) groups is 1. The summed E-state index contributed by atoms with van der Waals surface area (Å²) in [6.07, 6.45) is 0.997. The maximum Gasteiger partial charge on any atom is 0.266 e. The van der Waals surface area contributed by atoms with E-state index in [1.807, 2.05) is 13.0 Å². The molecular formula is C15H13N3O3S. The molecule has 0 bridgehead atoms. The zero-order valence-corrected chi connectivity index (χ0v) is 12.7. The highest BCUT2D eigenvalue weighted by molar-refractivity contribution is 7.89. The number of carbonyl (C=O) groups excluding carboxylic acids is 1. The first kappa shape index (κ1) is 15.7. The smallest absolute Gasteiger partial charge is 0.266 e. The van der Waals surface area contributed by atoms with Gasteiger partial charge < -0.3 is 0 Å². The van der Waals surface area contributed by atoms with E-state index in [9.17, 15) is 13.2 Å². The topological polar surface area (TPSA) is 102 Å². The Morgan fingerprint density at radius 1 is 1.32 bits per heavy atom. The molecule has 1 amide bonds. The van der Waals surface area contributed by atoms with Crippen molar-refractivity contribution in [2.45, 2.75) is 18.2 Å². The second kappa shape index (κ2) is 6.00. The number of hydrogen-bond donors (Lipinski definition) is 0. The van der Waals surface area contributed by atoms with E-state index in [0.29, 0.717) is 5.57 Å². The maximum absolute atomic E-state index is 12.6. The first-order chi connectivity index (χ1) is 10.4. The molecule has 1 aromatic rings. The minimum atomic E-state index is -3.98. The van der Waals surface area contributed by atoms with Crippen LogP contribution in [0.25, 0.3) is 0 Å². The molecule has 0 radical (unpaired) electrons. The second-order valence-corrected chi connectivity index (χ2v) is 6.79. The molecule has 22 heavy (non-hydrogen) atoms. The fraction of sp³-hybridized carbons (Fsp3) is 0.267. The number of amides is 1. The summed E-state index contributed by atoms with van der Waals surface area (Å²) in [6, 6.07) is 9.81. The molecule has 2 rings (SSSR count). The molecule has 1 aliphatic rings. The molecule has 0 saturated carbocycles. The monoisotopic (exact) mass is 315 g/mol. The highest BCUT2D eigenvalue weighted by Gasteiger charge is 2.42. The van der Waals surface area contributed by atoms with Crippen molar-refractivity contribution in [1.82, 2.24) is 4.31 Å². The summed E-state index contributed by atoms with van der Waals surface area (Å²) in [5.74, 6) is -1.53. The lowest BCUT2D eigenvalue weighted by molar-refractivity contribution is -0.126. The Bertz CT molecular complexity index is 811. The van der Waals surface area contributed by atoms with Gasteiger partial charge in [-0.15, -0.1) is 0 Å². The lowest BCUT2D eigenvalue weighted by atomic mass is 9.99. The quantitative estimate of drug-likeness (QED) is 0.787. The molecule has 1 unspecified atom stereocenters. The van der Waals surface area contributed by atoms with Gasteiger partial charge in [-0.1, -0.05) is 17.7 Å². The minimum Gasteiger partial charge on any atom is -0.273 e. The molecule has 1 fully saturated rings. The van der Waals surface area contributed by atoms with Crippen LogP contribution in [0.2, 0.25) is 0 Å². The van der Waals surface area contributed by atoms with E-state index in [4.69, 9.17) is 10.5 Å². The van der Waals surface area contributed by atoms with Crippen LogP contribution in [0.5, 0.6) is 0 Å². The highest BCUT2D eigenvalue weighted by atomic mass is 32.2. The zero-order valence-electron chi connectivity index (χ0n) is 11.9. The van der Waals surface area contributed by atoms with E-state index in [2.05, 4.69) is 0 Å². The third-order valence-corrected chi connectivity index (χ3v) is 5.23. The minimum absolute atomic E-state index is 0.0142. The van der Waals surface area contributed by atoms with Crippen molar-refractivity contribution < 1.29 is 13.2 Å². The Labute approximate surface area is 128 Å². The van der Waals surface area contributed by atoms with Crippen LogP contribution in [0.3, 0.4) is 0 Å². The molecule has 1 heterocycles. The molecular weight excluding hydrogens is 302 g/mol. The van der Waals surface area contributed by atoms with E-state index in [1.165, 1.54) is 12.1 Å². The average molecular weight is 315 g/mol. The number of hydrogen-bond acceptors (Lipinski definition) is 5. The van der Waals surface area contributed by atoms with E-state index in [0.717, 1.165) is 15.9 Å². The Balaban J connectivity index is 2.43. The van der Waals surface area contributed by atoms with Crippen LogP contribution in [0.15, 0.2) is 40.8 Å². The Kier molecular flexibility index (Phi) is 4.30. The van der Waals surface area contributed by atoms with Crippen LogP contribution in [-0.2, 0) is 14.8 Å². The standard InChI is InChI=1S/C15H13N3O3S/c1-11-2-4-13(5-3-11)22(20,21)18-10-12(6-8-16)14(7-9-17)15(18)19/h2-6,14H,7,10H2,1H3/b12-6-. The molecule has 0 aromatic heterocycles. The summed E-state index contributed by atoms with van der Waals surface area (Å²) in [5.41, 5.74) is 1.25. The van der Waals surface area contributed by atoms with E-state index < -0.39 is 21.8 Å². The van der Waals surface area contributed by atoms with Crippen molar-refractivity contribution in [2.75, 3.05) is 6.54 Å². The third kappa shape index (κ3) is 2.72. The number of sulfonamides is 1. The fourth-order valence-corrected chi connectivity index (χ4v) is 3.68. The number of allylic oxidation sites excluding steroid dienone is 1. The maximum atomic E-state index is 12.6. The Morgan fingerprint density at radius 2 is 1.95 bits per heavy atom. The van der Waals surface area contributed by atoms with Gasteiger partial charge >= 0.3 is 0 Å². The third-order valence-electron chi connectivity index (χ3n) is 3.47. The molecule has 0 spiro atoms. The normalized spacial score (nSPS) is 20.0. The Hall–Kier alpha value is -2.64. The van der Waals surface area contributed by atoms with Crippen molar-refractivity contribution in [1.29, 1.82) is 10.5 Å². The molecule has 1 aromatic carbocycles. The molecule has 1 saturated heterocycles. The van der Waals surface area contributed by atoms with Crippen LogP contribution in [-0.4, -0.2) is 25.2 Å². The van der Waals surface area contributed by atoms with Crippen molar-refractivity contribution in [3.8, 4) is 12.1 Å². The average Bonchev–Trinajstić information content (AvgIpc) is 2.78. The SMILES string of the molecule is Cc1ccc(S(=O)(=O)N2C/C(=C/C#N)C(CC#N)C2=O)cc1. The van der Waals surface area contributed by atoms with Crippen LogP contribution in [0.1, 0.15) is 12.0 Å². The number of rotatable bonds is 3. The van der Waals surface area contributed by atoms with Crippen LogP contribution >= 0.6 is 0 Å². The van der Waals surface area contributed by atoms with Crippen LogP contribution in [0.4, 0.5) is 0 Å². The number of benzene rings is 1. The number of nitriles is 2. The van der Waals surface area contributed by atoms with Gasteiger partial charge in [-0.25, -0.2) is 12.7 Å². The molecule has 0 aliphatic carbocycles. The highest BCUT2D eigenvalue weighted by Crippen LogP contribution is 2.31. The van der Waals surface area contributed by atoms with Gasteiger partial charge in [-0.3, -0.25) is 4.79 Å². The fourth-order valence-electron chi connectivity index (χ4n) is 2.27. The van der Waals surface area contributed by atoms with Crippen molar-refractivity contribution in [2.24, 2.45) is 5.92 Å². The van der Waals surface area contributed by atoms with Crippen LogP contribution < -0.4 is 0 Å². The van der Waals surface area contributed by atoms with Gasteiger partial charge in [-0.2, -0.15) is 10.5 Å². The summed E-state index contributed by atoms with van der Waals surface area (Å²) >= 11 is 0. The van der Waals surface area contributed by atoms with Gasteiger partial charge in [0.1, 0.15) is 0 Å².